The lowest BCUT2D eigenvalue weighted by Crippen LogP contribution is -2.46. The van der Waals surface area contributed by atoms with Crippen LogP contribution >= 0.6 is 0 Å². The second-order valence-electron chi connectivity index (χ2n) is 5.47. The van der Waals surface area contributed by atoms with Crippen LogP contribution in [-0.2, 0) is 14.9 Å². The number of benzene rings is 1. The van der Waals surface area contributed by atoms with E-state index in [0.717, 1.165) is 17.2 Å². The van der Waals surface area contributed by atoms with Gasteiger partial charge in [0.1, 0.15) is 0 Å². The Labute approximate surface area is 111 Å². The molecule has 4 heteroatoms. The molecule has 0 N–H and O–H groups in total. The molecule has 98 valence electrons. The van der Waals surface area contributed by atoms with Crippen molar-refractivity contribution >= 4 is 12.0 Å². The lowest BCUT2D eigenvalue weighted by molar-refractivity contribution is -0.125. The van der Waals surface area contributed by atoms with Gasteiger partial charge in [0.2, 0.25) is 0 Å². The van der Waals surface area contributed by atoms with Crippen LogP contribution in [0.3, 0.4) is 0 Å². The van der Waals surface area contributed by atoms with Crippen molar-refractivity contribution in [2.45, 2.75) is 31.4 Å². The van der Waals surface area contributed by atoms with Gasteiger partial charge in [-0.15, -0.1) is 0 Å². The molecule has 1 heterocycles. The van der Waals surface area contributed by atoms with Crippen molar-refractivity contribution in [1.82, 2.24) is 4.90 Å². The number of hydrogen-bond donors (Lipinski definition) is 0. The van der Waals surface area contributed by atoms with E-state index in [1.165, 1.54) is 4.90 Å². The minimum absolute atomic E-state index is 0.303. The molecule has 1 aromatic rings. The Morgan fingerprint density at radius 3 is 2.79 bits per heavy atom. The maximum Gasteiger partial charge on any atom is 0.417 e. The number of hydrogen-bond acceptors (Lipinski definition) is 3. The van der Waals surface area contributed by atoms with Gasteiger partial charge in [-0.05, 0) is 17.2 Å². The normalized spacial score (nSPS) is 26.6. The topological polar surface area (TPSA) is 46.6 Å². The van der Waals surface area contributed by atoms with Crippen molar-refractivity contribution in [2.24, 2.45) is 0 Å². The minimum Gasteiger partial charge on any atom is -0.439 e. The van der Waals surface area contributed by atoms with Gasteiger partial charge in [0, 0.05) is 5.41 Å². The van der Waals surface area contributed by atoms with Crippen LogP contribution in [0.25, 0.3) is 0 Å². The molecule has 2 aliphatic rings. The standard InChI is InChI=1S/C15H15NO3/c1-4-11(17)16-13-12(19-14(16)18)9-7-5-6-8-10(9)15(13,2)3/h4-8,12-13H,1H2,2-3H3/t12-,13-/m1/s1. The fourth-order valence-corrected chi connectivity index (χ4v) is 3.23. The molecule has 0 radical (unpaired) electrons. The number of fused-ring (bicyclic) bond motifs is 3. The molecule has 0 aromatic heterocycles. The molecule has 3 rings (SSSR count). The minimum atomic E-state index is -0.581. The fourth-order valence-electron chi connectivity index (χ4n) is 3.23. The summed E-state index contributed by atoms with van der Waals surface area (Å²) < 4.78 is 5.40. The maximum absolute atomic E-state index is 11.9. The van der Waals surface area contributed by atoms with E-state index >= 15 is 0 Å². The van der Waals surface area contributed by atoms with Crippen LogP contribution in [0.5, 0.6) is 0 Å². The van der Waals surface area contributed by atoms with Gasteiger partial charge in [0.25, 0.3) is 5.91 Å². The smallest absolute Gasteiger partial charge is 0.417 e. The lowest BCUT2D eigenvalue weighted by Gasteiger charge is -2.30. The van der Waals surface area contributed by atoms with Crippen molar-refractivity contribution in [3.05, 3.63) is 48.0 Å². The van der Waals surface area contributed by atoms with E-state index < -0.39 is 12.0 Å². The number of amides is 2. The first-order valence-corrected chi connectivity index (χ1v) is 6.24. The van der Waals surface area contributed by atoms with Crippen molar-refractivity contribution in [3.63, 3.8) is 0 Å². The molecule has 0 saturated carbocycles. The molecule has 19 heavy (non-hydrogen) atoms. The van der Waals surface area contributed by atoms with Gasteiger partial charge in [0.05, 0.1) is 6.04 Å². The molecular formula is C15H15NO3. The van der Waals surface area contributed by atoms with Crippen LogP contribution in [0.4, 0.5) is 4.79 Å². The SMILES string of the molecule is C=CC(=O)N1C(=O)O[C@@H]2c3ccccc3C(C)(C)[C@@H]21. The summed E-state index contributed by atoms with van der Waals surface area (Å²) in [5.41, 5.74) is 1.79. The summed E-state index contributed by atoms with van der Waals surface area (Å²) >= 11 is 0. The maximum atomic E-state index is 11.9. The fraction of sp³-hybridized carbons (Fsp3) is 0.333. The van der Waals surface area contributed by atoms with E-state index in [2.05, 4.69) is 6.58 Å². The van der Waals surface area contributed by atoms with Gasteiger partial charge >= 0.3 is 6.09 Å². The third-order valence-corrected chi connectivity index (χ3v) is 4.10. The number of carbonyl (C=O) groups excluding carboxylic acids is 2. The van der Waals surface area contributed by atoms with Gasteiger partial charge in [-0.25, -0.2) is 9.69 Å². The molecule has 1 aliphatic heterocycles. The third-order valence-electron chi connectivity index (χ3n) is 4.10. The highest BCUT2D eigenvalue weighted by atomic mass is 16.6. The summed E-state index contributed by atoms with van der Waals surface area (Å²) in [5.74, 6) is -0.404. The van der Waals surface area contributed by atoms with E-state index in [1.807, 2.05) is 38.1 Å². The molecule has 2 amide bonds. The molecule has 1 aromatic carbocycles. The van der Waals surface area contributed by atoms with E-state index in [9.17, 15) is 9.59 Å². The van der Waals surface area contributed by atoms with E-state index in [4.69, 9.17) is 4.74 Å². The summed E-state index contributed by atoms with van der Waals surface area (Å²) in [6, 6.07) is 7.56. The summed E-state index contributed by atoms with van der Waals surface area (Å²) in [7, 11) is 0. The van der Waals surface area contributed by atoms with Gasteiger partial charge in [0.15, 0.2) is 6.10 Å². The van der Waals surface area contributed by atoms with Gasteiger partial charge in [-0.3, -0.25) is 4.79 Å². The largest absolute Gasteiger partial charge is 0.439 e. The Morgan fingerprint density at radius 1 is 1.42 bits per heavy atom. The van der Waals surface area contributed by atoms with Crippen LogP contribution in [0.1, 0.15) is 31.1 Å². The molecule has 0 bridgehead atoms. The average Bonchev–Trinajstić information content (AvgIpc) is 2.84. The van der Waals surface area contributed by atoms with Gasteiger partial charge in [-0.2, -0.15) is 0 Å². The summed E-state index contributed by atoms with van der Waals surface area (Å²) in [6.07, 6.45) is 0.202. The predicted octanol–water partition coefficient (Wildman–Crippen LogP) is 2.55. The zero-order chi connectivity index (χ0) is 13.8. The number of carbonyl (C=O) groups is 2. The van der Waals surface area contributed by atoms with Crippen molar-refractivity contribution in [2.75, 3.05) is 0 Å². The second kappa shape index (κ2) is 3.70. The molecule has 4 nitrogen and oxygen atoms in total. The molecular weight excluding hydrogens is 242 g/mol. The first kappa shape index (κ1) is 12.0. The molecule has 0 spiro atoms. The second-order valence-corrected chi connectivity index (χ2v) is 5.47. The predicted molar refractivity (Wildman–Crippen MR) is 69.5 cm³/mol. The average molecular weight is 257 g/mol. The lowest BCUT2D eigenvalue weighted by atomic mass is 9.82. The van der Waals surface area contributed by atoms with Gasteiger partial charge < -0.3 is 4.74 Å². The quantitative estimate of drug-likeness (QED) is 0.726. The van der Waals surface area contributed by atoms with E-state index in [0.29, 0.717) is 0 Å². The first-order chi connectivity index (χ1) is 8.98. The molecule has 2 atom stereocenters. The Balaban J connectivity index is 2.15. The Morgan fingerprint density at radius 2 is 2.11 bits per heavy atom. The van der Waals surface area contributed by atoms with Crippen molar-refractivity contribution in [3.8, 4) is 0 Å². The van der Waals surface area contributed by atoms with Crippen LogP contribution in [0, 0.1) is 0 Å². The highest BCUT2D eigenvalue weighted by Gasteiger charge is 2.58. The number of nitrogens with zero attached hydrogens (tertiary/aromatic N) is 1. The van der Waals surface area contributed by atoms with Crippen LogP contribution in [0.2, 0.25) is 0 Å². The van der Waals surface area contributed by atoms with Crippen LogP contribution in [0.15, 0.2) is 36.9 Å². The number of ether oxygens (including phenoxy) is 1. The first-order valence-electron chi connectivity index (χ1n) is 6.24. The molecule has 1 saturated heterocycles. The molecule has 1 aliphatic carbocycles. The van der Waals surface area contributed by atoms with E-state index in [-0.39, 0.29) is 17.6 Å². The van der Waals surface area contributed by atoms with E-state index in [1.54, 1.807) is 0 Å². The summed E-state index contributed by atoms with van der Waals surface area (Å²) in [6.45, 7) is 7.51. The Bertz CT molecular complexity index is 591. The highest BCUT2D eigenvalue weighted by Crippen LogP contribution is 2.52. The zero-order valence-corrected chi connectivity index (χ0v) is 10.9. The summed E-state index contributed by atoms with van der Waals surface area (Å²) in [4.78, 5) is 25.0. The van der Waals surface area contributed by atoms with Crippen molar-refractivity contribution < 1.29 is 14.3 Å². The van der Waals surface area contributed by atoms with Gasteiger partial charge in [-0.1, -0.05) is 44.7 Å². The van der Waals surface area contributed by atoms with Crippen LogP contribution < -0.4 is 0 Å². The summed E-state index contributed by atoms with van der Waals surface area (Å²) in [5, 5.41) is 0. The number of imide groups is 1. The Hall–Kier alpha value is -2.10. The molecule has 0 unspecified atom stereocenters. The molecule has 1 fully saturated rings. The monoisotopic (exact) mass is 257 g/mol. The van der Waals surface area contributed by atoms with Crippen molar-refractivity contribution in [1.29, 1.82) is 0 Å². The highest BCUT2D eigenvalue weighted by molar-refractivity contribution is 6.00. The van der Waals surface area contributed by atoms with Crippen LogP contribution in [-0.4, -0.2) is 22.9 Å². The third kappa shape index (κ3) is 1.40. The zero-order valence-electron chi connectivity index (χ0n) is 10.9. The Kier molecular flexibility index (Phi) is 2.33. The number of rotatable bonds is 1.